The van der Waals surface area contributed by atoms with Gasteiger partial charge in [0.05, 0.1) is 5.56 Å². The van der Waals surface area contributed by atoms with E-state index in [1.807, 2.05) is 24.1 Å². The smallest absolute Gasteiger partial charge is 0.137 e. The molecule has 1 aromatic heterocycles. The maximum absolute atomic E-state index is 9.01. The third-order valence-electron chi connectivity index (χ3n) is 4.18. The van der Waals surface area contributed by atoms with E-state index in [0.717, 1.165) is 49.8 Å². The number of nitrogens with zero attached hydrogens (tertiary/aromatic N) is 4. The highest BCUT2D eigenvalue weighted by atomic mass is 15.2. The average Bonchev–Trinajstić information content (AvgIpc) is 2.56. The van der Waals surface area contributed by atoms with Gasteiger partial charge in [-0.05, 0) is 36.3 Å². The van der Waals surface area contributed by atoms with Crippen LogP contribution in [0.1, 0.15) is 11.1 Å². The molecule has 0 unspecified atom stereocenters. The van der Waals surface area contributed by atoms with Gasteiger partial charge < -0.3 is 10.2 Å². The number of nitrogens with one attached hydrogen (secondary N) is 1. The molecule has 0 aromatic carbocycles. The molecule has 2 aliphatic rings. The Hall–Kier alpha value is -2.42. The number of piperazine rings is 1. The zero-order valence-corrected chi connectivity index (χ0v) is 13.4. The maximum Gasteiger partial charge on any atom is 0.137 e. The van der Waals surface area contributed by atoms with Crippen LogP contribution >= 0.6 is 0 Å². The van der Waals surface area contributed by atoms with Crippen LogP contribution < -0.4 is 10.2 Å². The summed E-state index contributed by atoms with van der Waals surface area (Å²) < 4.78 is 0. The Morgan fingerprint density at radius 3 is 2.83 bits per heavy atom. The first kappa shape index (κ1) is 15.5. The van der Waals surface area contributed by atoms with Crippen LogP contribution in [0.2, 0.25) is 0 Å². The summed E-state index contributed by atoms with van der Waals surface area (Å²) in [5.41, 5.74) is 3.69. The van der Waals surface area contributed by atoms with E-state index in [1.165, 1.54) is 5.57 Å². The molecule has 3 heterocycles. The van der Waals surface area contributed by atoms with Gasteiger partial charge in [-0.15, -0.1) is 0 Å². The summed E-state index contributed by atoms with van der Waals surface area (Å²) in [6, 6.07) is 4.06. The number of allylic oxidation sites excluding steroid dienone is 1. The zero-order chi connectivity index (χ0) is 16.2. The van der Waals surface area contributed by atoms with Crippen LogP contribution in [0, 0.1) is 18.3 Å². The first-order chi connectivity index (χ1) is 11.2. The minimum atomic E-state index is 0.607. The van der Waals surface area contributed by atoms with Crippen molar-refractivity contribution in [2.45, 2.75) is 6.92 Å². The first-order valence-electron chi connectivity index (χ1n) is 7.84. The van der Waals surface area contributed by atoms with Gasteiger partial charge in [0.15, 0.2) is 0 Å². The maximum atomic E-state index is 9.01. The summed E-state index contributed by atoms with van der Waals surface area (Å²) in [5, 5.41) is 12.4. The van der Waals surface area contributed by atoms with Gasteiger partial charge in [0.2, 0.25) is 0 Å². The molecule has 118 valence electrons. The fourth-order valence-corrected chi connectivity index (χ4v) is 2.84. The predicted octanol–water partition coefficient (Wildman–Crippen LogP) is 1.94. The predicted molar refractivity (Wildman–Crippen MR) is 91.8 cm³/mol. The normalized spacial score (nSPS) is 18.7. The molecule has 0 radical (unpaired) electrons. The van der Waals surface area contributed by atoms with E-state index in [0.29, 0.717) is 5.56 Å². The summed E-state index contributed by atoms with van der Waals surface area (Å²) >= 11 is 0. The molecule has 1 fully saturated rings. The minimum Gasteiger partial charge on any atom is -0.314 e. The Morgan fingerprint density at radius 1 is 1.39 bits per heavy atom. The van der Waals surface area contributed by atoms with E-state index < -0.39 is 0 Å². The largest absolute Gasteiger partial charge is 0.314 e. The van der Waals surface area contributed by atoms with Crippen molar-refractivity contribution < 1.29 is 0 Å². The number of hydrogen-bond donors (Lipinski definition) is 1. The Morgan fingerprint density at radius 2 is 2.17 bits per heavy atom. The number of hydrogen-bond acceptors (Lipinski definition) is 5. The standard InChI is InChI=1S/C18H21N5/c1-14-9-18(21-12-17(14)11-19)23-6-3-16(10-15(23)2)13-22-7-4-20-5-8-22/h3,6,9-10,12,20H,2,4-5,7-8,13H2,1H3. The molecular formula is C18H21N5. The van der Waals surface area contributed by atoms with Crippen LogP contribution in [0.5, 0.6) is 0 Å². The van der Waals surface area contributed by atoms with Gasteiger partial charge in [-0.1, -0.05) is 6.58 Å². The van der Waals surface area contributed by atoms with Crippen molar-refractivity contribution in [1.82, 2.24) is 15.2 Å². The number of rotatable bonds is 3. The van der Waals surface area contributed by atoms with Crippen LogP contribution in [0.4, 0.5) is 5.82 Å². The molecule has 1 saturated heterocycles. The van der Waals surface area contributed by atoms with Crippen LogP contribution in [0.25, 0.3) is 0 Å². The Balaban J connectivity index is 1.71. The lowest BCUT2D eigenvalue weighted by atomic mass is 10.1. The molecular weight excluding hydrogens is 286 g/mol. The molecule has 5 heteroatoms. The van der Waals surface area contributed by atoms with Crippen LogP contribution in [-0.4, -0.2) is 42.6 Å². The molecule has 0 saturated carbocycles. The van der Waals surface area contributed by atoms with E-state index in [9.17, 15) is 0 Å². The second-order valence-electron chi connectivity index (χ2n) is 5.89. The highest BCUT2D eigenvalue weighted by Crippen LogP contribution is 2.24. The summed E-state index contributed by atoms with van der Waals surface area (Å²) in [7, 11) is 0. The lowest BCUT2D eigenvalue weighted by Gasteiger charge is -2.30. The molecule has 0 spiro atoms. The molecule has 23 heavy (non-hydrogen) atoms. The van der Waals surface area contributed by atoms with Crippen LogP contribution in [0.15, 0.2) is 48.5 Å². The van der Waals surface area contributed by atoms with E-state index >= 15 is 0 Å². The molecule has 3 rings (SSSR count). The molecule has 5 nitrogen and oxygen atoms in total. The third kappa shape index (κ3) is 3.50. The van der Waals surface area contributed by atoms with E-state index in [4.69, 9.17) is 5.26 Å². The van der Waals surface area contributed by atoms with Gasteiger partial charge in [-0.3, -0.25) is 4.90 Å². The average molecular weight is 307 g/mol. The second kappa shape index (κ2) is 6.78. The number of anilines is 1. The van der Waals surface area contributed by atoms with Gasteiger partial charge in [-0.2, -0.15) is 5.26 Å². The van der Waals surface area contributed by atoms with Gasteiger partial charge in [0.1, 0.15) is 11.9 Å². The topological polar surface area (TPSA) is 55.2 Å². The fourth-order valence-electron chi connectivity index (χ4n) is 2.84. The van der Waals surface area contributed by atoms with Crippen LogP contribution in [-0.2, 0) is 0 Å². The SMILES string of the molecule is C=C1C=C(CN2CCNCC2)C=CN1c1cc(C)c(C#N)cn1. The number of nitriles is 1. The van der Waals surface area contributed by atoms with Gasteiger partial charge in [0, 0.05) is 50.8 Å². The molecule has 0 aliphatic carbocycles. The third-order valence-corrected chi connectivity index (χ3v) is 4.18. The summed E-state index contributed by atoms with van der Waals surface area (Å²) in [4.78, 5) is 8.77. The zero-order valence-electron chi connectivity index (χ0n) is 13.4. The number of aromatic nitrogens is 1. The van der Waals surface area contributed by atoms with Crippen molar-refractivity contribution in [3.63, 3.8) is 0 Å². The van der Waals surface area contributed by atoms with Crippen molar-refractivity contribution >= 4 is 5.82 Å². The van der Waals surface area contributed by atoms with Gasteiger partial charge in [0.25, 0.3) is 0 Å². The highest BCUT2D eigenvalue weighted by molar-refractivity contribution is 5.58. The summed E-state index contributed by atoms with van der Waals surface area (Å²) in [5.74, 6) is 0.792. The van der Waals surface area contributed by atoms with Crippen molar-refractivity contribution in [2.24, 2.45) is 0 Å². The molecule has 1 aromatic rings. The Kier molecular flexibility index (Phi) is 4.56. The van der Waals surface area contributed by atoms with Crippen LogP contribution in [0.3, 0.4) is 0 Å². The van der Waals surface area contributed by atoms with E-state index in [2.05, 4.69) is 40.0 Å². The lowest BCUT2D eigenvalue weighted by molar-refractivity contribution is 0.261. The Bertz CT molecular complexity index is 705. The fraction of sp³-hybridized carbons (Fsp3) is 0.333. The van der Waals surface area contributed by atoms with Crippen molar-refractivity contribution in [3.8, 4) is 6.07 Å². The molecule has 0 atom stereocenters. The quantitative estimate of drug-likeness (QED) is 0.925. The monoisotopic (exact) mass is 307 g/mol. The number of aryl methyl sites for hydroxylation is 1. The number of pyridine rings is 1. The molecule has 0 amide bonds. The summed E-state index contributed by atoms with van der Waals surface area (Å²) in [6.07, 6.45) is 7.85. The van der Waals surface area contributed by atoms with Gasteiger partial charge >= 0.3 is 0 Å². The molecule has 0 bridgehead atoms. The second-order valence-corrected chi connectivity index (χ2v) is 5.89. The van der Waals surface area contributed by atoms with Crippen molar-refractivity contribution in [1.29, 1.82) is 5.26 Å². The molecule has 2 aliphatic heterocycles. The van der Waals surface area contributed by atoms with E-state index in [-0.39, 0.29) is 0 Å². The van der Waals surface area contributed by atoms with Gasteiger partial charge in [-0.25, -0.2) is 4.98 Å². The highest BCUT2D eigenvalue weighted by Gasteiger charge is 2.16. The van der Waals surface area contributed by atoms with Crippen molar-refractivity contribution in [2.75, 3.05) is 37.6 Å². The first-order valence-corrected chi connectivity index (χ1v) is 7.84. The summed E-state index contributed by atoms with van der Waals surface area (Å²) in [6.45, 7) is 11.3. The lowest BCUT2D eigenvalue weighted by Crippen LogP contribution is -2.44. The van der Waals surface area contributed by atoms with E-state index in [1.54, 1.807) is 6.20 Å². The Labute approximate surface area is 137 Å². The molecule has 1 N–H and O–H groups in total. The van der Waals surface area contributed by atoms with Crippen molar-refractivity contribution in [3.05, 3.63) is 59.6 Å². The minimum absolute atomic E-state index is 0.607.